The maximum absolute atomic E-state index is 6.06. The predicted octanol–water partition coefficient (Wildman–Crippen LogP) is 1.92. The Balaban J connectivity index is 2.32. The Kier molecular flexibility index (Phi) is 4.02. The molecule has 0 fully saturated rings. The topological polar surface area (TPSA) is 61.3 Å². The van der Waals surface area contributed by atoms with Crippen molar-refractivity contribution >= 4 is 0 Å². The van der Waals surface area contributed by atoms with Crippen LogP contribution in [0.25, 0.3) is 0 Å². The van der Waals surface area contributed by atoms with Crippen molar-refractivity contribution in [1.29, 1.82) is 0 Å². The minimum absolute atomic E-state index is 0.118. The highest BCUT2D eigenvalue weighted by molar-refractivity contribution is 5.46. The molecule has 1 unspecified atom stereocenters. The van der Waals surface area contributed by atoms with Gasteiger partial charge in [0.1, 0.15) is 5.75 Å². The summed E-state index contributed by atoms with van der Waals surface area (Å²) in [5, 5.41) is 0. The fourth-order valence-electron chi connectivity index (χ4n) is 2.37. The largest absolute Gasteiger partial charge is 0.493 e. The van der Waals surface area contributed by atoms with Crippen LogP contribution in [0.2, 0.25) is 0 Å². The fraction of sp³-hybridized carbons (Fsp3) is 0.571. The van der Waals surface area contributed by atoms with E-state index in [1.807, 2.05) is 0 Å². The predicted molar refractivity (Wildman–Crippen MR) is 70.2 cm³/mol. The van der Waals surface area contributed by atoms with E-state index in [1.165, 1.54) is 17.5 Å². The van der Waals surface area contributed by atoms with Crippen molar-refractivity contribution in [2.45, 2.75) is 38.6 Å². The lowest BCUT2D eigenvalue weighted by atomic mass is 10.00. The van der Waals surface area contributed by atoms with Gasteiger partial charge in [-0.3, -0.25) is 0 Å². The molecule has 94 valence electrons. The number of benzene rings is 1. The molecule has 1 aliphatic carbocycles. The first kappa shape index (κ1) is 12.4. The molecule has 0 saturated carbocycles. The summed E-state index contributed by atoms with van der Waals surface area (Å²) in [6.07, 6.45) is 4.57. The minimum Gasteiger partial charge on any atom is -0.493 e. The second kappa shape index (κ2) is 5.52. The molecule has 4 N–H and O–H groups in total. The van der Waals surface area contributed by atoms with Crippen LogP contribution in [0.1, 0.15) is 42.5 Å². The van der Waals surface area contributed by atoms with Crippen LogP contribution in [0.3, 0.4) is 0 Å². The second-order valence-electron chi connectivity index (χ2n) is 4.70. The van der Waals surface area contributed by atoms with Crippen LogP contribution in [-0.2, 0) is 12.8 Å². The zero-order valence-electron chi connectivity index (χ0n) is 10.5. The van der Waals surface area contributed by atoms with Crippen molar-refractivity contribution in [1.82, 2.24) is 0 Å². The van der Waals surface area contributed by atoms with E-state index in [9.17, 15) is 0 Å². The molecule has 2 rings (SSSR count). The van der Waals surface area contributed by atoms with Gasteiger partial charge in [-0.1, -0.05) is 13.0 Å². The molecule has 0 amide bonds. The first-order valence-corrected chi connectivity index (χ1v) is 6.50. The molecule has 1 aliphatic rings. The lowest BCUT2D eigenvalue weighted by Crippen LogP contribution is -2.22. The molecule has 0 aromatic heterocycles. The first-order chi connectivity index (χ1) is 8.26. The number of aryl methyl sites for hydroxylation is 2. The van der Waals surface area contributed by atoms with Gasteiger partial charge in [0.25, 0.3) is 0 Å². The van der Waals surface area contributed by atoms with E-state index >= 15 is 0 Å². The molecule has 0 bridgehead atoms. The molecule has 1 atom stereocenters. The Morgan fingerprint density at radius 3 is 2.65 bits per heavy atom. The van der Waals surface area contributed by atoms with Gasteiger partial charge in [0.15, 0.2) is 0 Å². The van der Waals surface area contributed by atoms with E-state index < -0.39 is 0 Å². The molecule has 1 aromatic carbocycles. The van der Waals surface area contributed by atoms with Crippen LogP contribution < -0.4 is 16.2 Å². The van der Waals surface area contributed by atoms with E-state index in [1.54, 1.807) is 0 Å². The third-order valence-corrected chi connectivity index (χ3v) is 3.34. The third-order valence-electron chi connectivity index (χ3n) is 3.34. The maximum atomic E-state index is 6.06. The number of hydrogen-bond acceptors (Lipinski definition) is 3. The van der Waals surface area contributed by atoms with Crippen molar-refractivity contribution in [2.24, 2.45) is 11.5 Å². The SMILES string of the molecule is CCCOc1cc2c(cc1C(N)CN)CCC2. The van der Waals surface area contributed by atoms with Crippen LogP contribution in [0.5, 0.6) is 5.75 Å². The molecule has 0 radical (unpaired) electrons. The van der Waals surface area contributed by atoms with E-state index in [-0.39, 0.29) is 6.04 Å². The summed E-state index contributed by atoms with van der Waals surface area (Å²) in [4.78, 5) is 0. The quantitative estimate of drug-likeness (QED) is 0.818. The molecule has 3 heteroatoms. The monoisotopic (exact) mass is 234 g/mol. The summed E-state index contributed by atoms with van der Waals surface area (Å²) in [7, 11) is 0. The number of rotatable bonds is 5. The Bertz CT molecular complexity index is 390. The van der Waals surface area contributed by atoms with Gasteiger partial charge in [-0.05, 0) is 42.9 Å². The average Bonchev–Trinajstić information content (AvgIpc) is 2.81. The number of ether oxygens (including phenoxy) is 1. The summed E-state index contributed by atoms with van der Waals surface area (Å²) in [6.45, 7) is 3.31. The summed E-state index contributed by atoms with van der Waals surface area (Å²) in [5.74, 6) is 0.936. The normalized spacial score (nSPS) is 15.7. The van der Waals surface area contributed by atoms with E-state index in [0.29, 0.717) is 6.54 Å². The smallest absolute Gasteiger partial charge is 0.124 e. The second-order valence-corrected chi connectivity index (χ2v) is 4.70. The summed E-state index contributed by atoms with van der Waals surface area (Å²) in [6, 6.07) is 4.25. The standard InChI is InChI=1S/C14H22N2O/c1-2-6-17-14-8-11-5-3-4-10(11)7-12(14)13(16)9-15/h7-8,13H,2-6,9,15-16H2,1H3. The van der Waals surface area contributed by atoms with Gasteiger partial charge in [-0.15, -0.1) is 0 Å². The zero-order chi connectivity index (χ0) is 12.3. The van der Waals surface area contributed by atoms with Crippen molar-refractivity contribution in [2.75, 3.05) is 13.2 Å². The van der Waals surface area contributed by atoms with Crippen molar-refractivity contribution in [3.63, 3.8) is 0 Å². The van der Waals surface area contributed by atoms with E-state index in [0.717, 1.165) is 37.2 Å². The lowest BCUT2D eigenvalue weighted by molar-refractivity contribution is 0.312. The number of hydrogen-bond donors (Lipinski definition) is 2. The highest BCUT2D eigenvalue weighted by Gasteiger charge is 2.18. The van der Waals surface area contributed by atoms with E-state index in [2.05, 4.69) is 19.1 Å². The molecular formula is C14H22N2O. The maximum Gasteiger partial charge on any atom is 0.124 e. The van der Waals surface area contributed by atoms with Gasteiger partial charge >= 0.3 is 0 Å². The van der Waals surface area contributed by atoms with E-state index in [4.69, 9.17) is 16.2 Å². The zero-order valence-corrected chi connectivity index (χ0v) is 10.5. The molecule has 0 heterocycles. The van der Waals surface area contributed by atoms with Crippen LogP contribution in [-0.4, -0.2) is 13.2 Å². The molecule has 0 saturated heterocycles. The summed E-state index contributed by atoms with van der Waals surface area (Å²) in [5.41, 5.74) is 15.6. The summed E-state index contributed by atoms with van der Waals surface area (Å²) < 4.78 is 5.80. The minimum atomic E-state index is -0.118. The number of fused-ring (bicyclic) bond motifs is 1. The first-order valence-electron chi connectivity index (χ1n) is 6.50. The lowest BCUT2D eigenvalue weighted by Gasteiger charge is -2.17. The van der Waals surface area contributed by atoms with Crippen molar-refractivity contribution < 1.29 is 4.74 Å². The van der Waals surface area contributed by atoms with Crippen LogP contribution in [0.4, 0.5) is 0 Å². The van der Waals surface area contributed by atoms with Crippen LogP contribution >= 0.6 is 0 Å². The molecular weight excluding hydrogens is 212 g/mol. The highest BCUT2D eigenvalue weighted by Crippen LogP contribution is 2.32. The van der Waals surface area contributed by atoms with Crippen LogP contribution in [0, 0.1) is 0 Å². The molecule has 3 nitrogen and oxygen atoms in total. The molecule has 17 heavy (non-hydrogen) atoms. The molecule has 1 aromatic rings. The highest BCUT2D eigenvalue weighted by atomic mass is 16.5. The van der Waals surface area contributed by atoms with Gasteiger partial charge in [-0.2, -0.15) is 0 Å². The number of nitrogens with two attached hydrogens (primary N) is 2. The van der Waals surface area contributed by atoms with Gasteiger partial charge in [0.2, 0.25) is 0 Å². The summed E-state index contributed by atoms with van der Waals surface area (Å²) >= 11 is 0. The van der Waals surface area contributed by atoms with Gasteiger partial charge in [0, 0.05) is 18.2 Å². The van der Waals surface area contributed by atoms with Gasteiger partial charge in [0.05, 0.1) is 6.61 Å². The fourth-order valence-corrected chi connectivity index (χ4v) is 2.37. The Hall–Kier alpha value is -1.06. The van der Waals surface area contributed by atoms with Gasteiger partial charge < -0.3 is 16.2 Å². The van der Waals surface area contributed by atoms with Crippen molar-refractivity contribution in [3.8, 4) is 5.75 Å². The third kappa shape index (κ3) is 2.61. The Morgan fingerprint density at radius 1 is 1.29 bits per heavy atom. The van der Waals surface area contributed by atoms with Crippen molar-refractivity contribution in [3.05, 3.63) is 28.8 Å². The van der Waals surface area contributed by atoms with Gasteiger partial charge in [-0.25, -0.2) is 0 Å². The molecule has 0 spiro atoms. The Morgan fingerprint density at radius 2 is 2.00 bits per heavy atom. The molecule has 0 aliphatic heterocycles. The van der Waals surface area contributed by atoms with Crippen LogP contribution in [0.15, 0.2) is 12.1 Å². The Labute approximate surface area is 103 Å². The average molecular weight is 234 g/mol.